The first kappa shape index (κ1) is 16.4. The molecule has 2 rings (SSSR count). The molecule has 21 heavy (non-hydrogen) atoms. The number of benzene rings is 1. The van der Waals surface area contributed by atoms with Gasteiger partial charge in [0.15, 0.2) is 0 Å². The Kier molecular flexibility index (Phi) is 5.37. The summed E-state index contributed by atoms with van der Waals surface area (Å²) in [6.45, 7) is 4.43. The molecule has 5 nitrogen and oxygen atoms in total. The predicted molar refractivity (Wildman–Crippen MR) is 84.5 cm³/mol. The lowest BCUT2D eigenvalue weighted by atomic mass is 9.99. The average molecular weight is 311 g/mol. The van der Waals surface area contributed by atoms with Crippen LogP contribution in [0.3, 0.4) is 0 Å². The molecule has 0 bridgehead atoms. The first-order valence-corrected chi connectivity index (χ1v) is 8.90. The minimum atomic E-state index is -3.43. The molecular formula is C15H25N3O2S. The third-order valence-electron chi connectivity index (χ3n) is 4.00. The molecule has 1 heterocycles. The predicted octanol–water partition coefficient (Wildman–Crippen LogP) is 1.33. The Bertz CT molecular complexity index is 555. The maximum atomic E-state index is 12.3. The van der Waals surface area contributed by atoms with Gasteiger partial charge in [-0.3, -0.25) is 0 Å². The van der Waals surface area contributed by atoms with E-state index in [0.29, 0.717) is 17.4 Å². The fraction of sp³-hybridized carbons (Fsp3) is 0.600. The summed E-state index contributed by atoms with van der Waals surface area (Å²) in [6.07, 6.45) is 2.21. The van der Waals surface area contributed by atoms with Crippen LogP contribution in [-0.4, -0.2) is 40.0 Å². The monoisotopic (exact) mass is 311 g/mol. The van der Waals surface area contributed by atoms with Crippen molar-refractivity contribution in [3.63, 3.8) is 0 Å². The molecule has 2 unspecified atom stereocenters. The Hall–Kier alpha value is -0.950. The molecular weight excluding hydrogens is 286 g/mol. The molecule has 118 valence electrons. The lowest BCUT2D eigenvalue weighted by molar-refractivity contribution is 0.211. The number of hydrogen-bond donors (Lipinski definition) is 2. The Labute approximate surface area is 127 Å². The van der Waals surface area contributed by atoms with Gasteiger partial charge in [0.2, 0.25) is 10.0 Å². The van der Waals surface area contributed by atoms with Crippen molar-refractivity contribution in [1.29, 1.82) is 0 Å². The third-order valence-corrected chi connectivity index (χ3v) is 5.44. The van der Waals surface area contributed by atoms with Gasteiger partial charge in [0, 0.05) is 19.1 Å². The van der Waals surface area contributed by atoms with Gasteiger partial charge in [0.25, 0.3) is 0 Å². The van der Waals surface area contributed by atoms with E-state index in [0.717, 1.165) is 31.5 Å². The van der Waals surface area contributed by atoms with Gasteiger partial charge < -0.3 is 10.6 Å². The molecule has 6 heteroatoms. The summed E-state index contributed by atoms with van der Waals surface area (Å²) in [5, 5.41) is 0. The second-order valence-electron chi connectivity index (χ2n) is 5.98. The Morgan fingerprint density at radius 2 is 2.05 bits per heavy atom. The summed E-state index contributed by atoms with van der Waals surface area (Å²) in [7, 11) is -1.35. The zero-order valence-corrected chi connectivity index (χ0v) is 13.6. The van der Waals surface area contributed by atoms with Gasteiger partial charge in [-0.2, -0.15) is 0 Å². The summed E-state index contributed by atoms with van der Waals surface area (Å²) in [5.41, 5.74) is 6.71. The van der Waals surface area contributed by atoms with Gasteiger partial charge in [0.05, 0.1) is 4.90 Å². The highest BCUT2D eigenvalue weighted by Crippen LogP contribution is 2.17. The van der Waals surface area contributed by atoms with Crippen LogP contribution in [0.25, 0.3) is 0 Å². The molecule has 1 aromatic rings. The maximum absolute atomic E-state index is 12.3. The maximum Gasteiger partial charge on any atom is 0.240 e. The molecule has 1 saturated heterocycles. The van der Waals surface area contributed by atoms with E-state index in [1.807, 2.05) is 6.92 Å². The van der Waals surface area contributed by atoms with Crippen LogP contribution in [0.15, 0.2) is 29.2 Å². The molecule has 0 radical (unpaired) electrons. The molecule has 1 aliphatic heterocycles. The Balaban J connectivity index is 1.97. The molecule has 0 spiro atoms. The van der Waals surface area contributed by atoms with E-state index in [-0.39, 0.29) is 6.04 Å². The summed E-state index contributed by atoms with van der Waals surface area (Å²) >= 11 is 0. The molecule has 3 N–H and O–H groups in total. The van der Waals surface area contributed by atoms with Crippen molar-refractivity contribution in [1.82, 2.24) is 9.62 Å². The van der Waals surface area contributed by atoms with Crippen LogP contribution in [-0.2, 0) is 10.0 Å². The highest BCUT2D eigenvalue weighted by Gasteiger charge is 2.20. The van der Waals surface area contributed by atoms with E-state index >= 15 is 0 Å². The molecule has 0 aromatic heterocycles. The van der Waals surface area contributed by atoms with Gasteiger partial charge in [-0.1, -0.05) is 12.1 Å². The normalized spacial score (nSPS) is 22.1. The van der Waals surface area contributed by atoms with E-state index in [1.54, 1.807) is 24.3 Å². The Morgan fingerprint density at radius 3 is 2.62 bits per heavy atom. The van der Waals surface area contributed by atoms with Crippen molar-refractivity contribution in [2.75, 3.05) is 26.7 Å². The SMILES string of the molecule is CC(N)c1ccc(S(=O)(=O)NCC2CCCN(C)C2)cc1. The highest BCUT2D eigenvalue weighted by atomic mass is 32.2. The van der Waals surface area contributed by atoms with Crippen molar-refractivity contribution in [3.05, 3.63) is 29.8 Å². The van der Waals surface area contributed by atoms with Crippen molar-refractivity contribution >= 4 is 10.0 Å². The van der Waals surface area contributed by atoms with Crippen molar-refractivity contribution in [2.45, 2.75) is 30.7 Å². The van der Waals surface area contributed by atoms with E-state index in [4.69, 9.17) is 5.73 Å². The number of nitrogens with one attached hydrogen (secondary N) is 1. The molecule has 1 aliphatic rings. The van der Waals surface area contributed by atoms with E-state index in [9.17, 15) is 8.42 Å². The molecule has 0 aliphatic carbocycles. The van der Waals surface area contributed by atoms with E-state index in [2.05, 4.69) is 16.7 Å². The van der Waals surface area contributed by atoms with Gasteiger partial charge in [-0.25, -0.2) is 13.1 Å². The summed E-state index contributed by atoms with van der Waals surface area (Å²) in [6, 6.07) is 6.69. The first-order valence-electron chi connectivity index (χ1n) is 7.42. The minimum absolute atomic E-state index is 0.0903. The molecule has 1 fully saturated rings. The fourth-order valence-electron chi connectivity index (χ4n) is 2.70. The highest BCUT2D eigenvalue weighted by molar-refractivity contribution is 7.89. The average Bonchev–Trinajstić information content (AvgIpc) is 2.45. The van der Waals surface area contributed by atoms with Gasteiger partial charge in [0.1, 0.15) is 0 Å². The van der Waals surface area contributed by atoms with Crippen LogP contribution in [0.1, 0.15) is 31.4 Å². The van der Waals surface area contributed by atoms with Gasteiger partial charge >= 0.3 is 0 Å². The van der Waals surface area contributed by atoms with Crippen molar-refractivity contribution in [2.24, 2.45) is 11.7 Å². The number of rotatable bonds is 5. The first-order chi connectivity index (χ1) is 9.88. The second kappa shape index (κ2) is 6.87. The minimum Gasteiger partial charge on any atom is -0.324 e. The van der Waals surface area contributed by atoms with Gasteiger partial charge in [-0.15, -0.1) is 0 Å². The lowest BCUT2D eigenvalue weighted by Crippen LogP contribution is -2.39. The topological polar surface area (TPSA) is 75.4 Å². The zero-order valence-electron chi connectivity index (χ0n) is 12.7. The number of piperidine rings is 1. The quantitative estimate of drug-likeness (QED) is 0.860. The van der Waals surface area contributed by atoms with E-state index in [1.165, 1.54) is 0 Å². The second-order valence-corrected chi connectivity index (χ2v) is 7.75. The van der Waals surface area contributed by atoms with Gasteiger partial charge in [-0.05, 0) is 57.0 Å². The summed E-state index contributed by atoms with van der Waals surface area (Å²) in [5.74, 6) is 0.391. The Morgan fingerprint density at radius 1 is 1.38 bits per heavy atom. The number of likely N-dealkylation sites (tertiary alicyclic amines) is 1. The summed E-state index contributed by atoms with van der Waals surface area (Å²) < 4.78 is 27.3. The molecule has 1 aromatic carbocycles. The van der Waals surface area contributed by atoms with Crippen LogP contribution in [0.2, 0.25) is 0 Å². The number of sulfonamides is 1. The molecule has 0 amide bonds. The van der Waals surface area contributed by atoms with Crippen molar-refractivity contribution in [3.8, 4) is 0 Å². The van der Waals surface area contributed by atoms with Crippen LogP contribution in [0, 0.1) is 5.92 Å². The number of hydrogen-bond acceptors (Lipinski definition) is 4. The zero-order chi connectivity index (χ0) is 15.5. The largest absolute Gasteiger partial charge is 0.324 e. The lowest BCUT2D eigenvalue weighted by Gasteiger charge is -2.29. The number of nitrogens with zero attached hydrogens (tertiary/aromatic N) is 1. The van der Waals surface area contributed by atoms with Crippen LogP contribution < -0.4 is 10.5 Å². The standard InChI is InChI=1S/C15H25N3O2S/c1-12(16)14-5-7-15(8-6-14)21(19,20)17-10-13-4-3-9-18(2)11-13/h5-8,12-13,17H,3-4,9-11,16H2,1-2H3. The summed E-state index contributed by atoms with van der Waals surface area (Å²) in [4.78, 5) is 2.55. The smallest absolute Gasteiger partial charge is 0.240 e. The van der Waals surface area contributed by atoms with E-state index < -0.39 is 10.0 Å². The van der Waals surface area contributed by atoms with Crippen molar-refractivity contribution < 1.29 is 8.42 Å². The van der Waals surface area contributed by atoms with Crippen LogP contribution in [0.5, 0.6) is 0 Å². The molecule has 2 atom stereocenters. The van der Waals surface area contributed by atoms with Crippen LogP contribution in [0.4, 0.5) is 0 Å². The third kappa shape index (κ3) is 4.51. The van der Waals surface area contributed by atoms with Crippen LogP contribution >= 0.6 is 0 Å². The fourth-order valence-corrected chi connectivity index (χ4v) is 3.82. The molecule has 0 saturated carbocycles. The number of nitrogens with two attached hydrogens (primary N) is 1.